The molecule has 0 unspecified atom stereocenters. The average Bonchev–Trinajstić information content (AvgIpc) is 3.28. The largest absolute Gasteiger partial charge is 0.436 e. The molecule has 0 aliphatic rings. The molecule has 0 atom stereocenters. The summed E-state index contributed by atoms with van der Waals surface area (Å²) in [7, 11) is 0. The predicted molar refractivity (Wildman–Crippen MR) is 148 cm³/mol. The van der Waals surface area contributed by atoms with Crippen LogP contribution in [0.1, 0.15) is 10.4 Å². The fraction of sp³-hybridized carbons (Fsp3) is 0. The zero-order valence-corrected chi connectivity index (χ0v) is 20.8. The highest BCUT2D eigenvalue weighted by Gasteiger charge is 2.12. The maximum absolute atomic E-state index is 12.4. The van der Waals surface area contributed by atoms with E-state index >= 15 is 0 Å². The summed E-state index contributed by atoms with van der Waals surface area (Å²) in [6.07, 6.45) is 0. The molecule has 0 spiro atoms. The van der Waals surface area contributed by atoms with Crippen LogP contribution < -0.4 is 10.6 Å². The SMILES string of the molecule is O=C(NC(=S)Nc1ccc2oc(-c3ccc(-c4ccccc4)cc3)nc2c1)c1cccc(I)c1. The molecule has 166 valence electrons. The first-order valence-corrected chi connectivity index (χ1v) is 12.0. The normalized spacial score (nSPS) is 10.7. The topological polar surface area (TPSA) is 67.2 Å². The number of nitrogens with one attached hydrogen (secondary N) is 2. The van der Waals surface area contributed by atoms with Crippen LogP contribution >= 0.6 is 34.8 Å². The monoisotopic (exact) mass is 575 g/mol. The fourth-order valence-corrected chi connectivity index (χ4v) is 4.29. The van der Waals surface area contributed by atoms with Crippen LogP contribution in [-0.4, -0.2) is 16.0 Å². The van der Waals surface area contributed by atoms with E-state index in [-0.39, 0.29) is 11.0 Å². The Bertz CT molecular complexity index is 1500. The van der Waals surface area contributed by atoms with Gasteiger partial charge in [-0.05, 0) is 94.5 Å². The summed E-state index contributed by atoms with van der Waals surface area (Å²) < 4.78 is 6.93. The number of carbonyl (C=O) groups excluding carboxylic acids is 1. The van der Waals surface area contributed by atoms with E-state index in [1.165, 1.54) is 0 Å². The van der Waals surface area contributed by atoms with Gasteiger partial charge in [-0.2, -0.15) is 0 Å². The Balaban J connectivity index is 1.30. The van der Waals surface area contributed by atoms with Crippen LogP contribution in [0.25, 0.3) is 33.7 Å². The first-order valence-electron chi connectivity index (χ1n) is 10.5. The number of halogens is 1. The number of amides is 1. The Kier molecular flexibility index (Phi) is 6.37. The van der Waals surface area contributed by atoms with Gasteiger partial charge >= 0.3 is 0 Å². The standard InChI is InChI=1S/C27H18IN3O2S/c28-21-8-4-7-20(15-21)25(32)31-27(34)29-22-13-14-24-23(16-22)30-26(33-24)19-11-9-18(10-12-19)17-5-2-1-3-6-17/h1-16H,(H2,29,31,32,34). The predicted octanol–water partition coefficient (Wildman–Crippen LogP) is 6.89. The molecule has 0 saturated heterocycles. The Morgan fingerprint density at radius 3 is 2.32 bits per heavy atom. The van der Waals surface area contributed by atoms with E-state index in [9.17, 15) is 4.79 Å². The van der Waals surface area contributed by atoms with E-state index < -0.39 is 0 Å². The van der Waals surface area contributed by atoms with Crippen LogP contribution in [0.5, 0.6) is 0 Å². The maximum Gasteiger partial charge on any atom is 0.257 e. The Labute approximate surface area is 215 Å². The van der Waals surface area contributed by atoms with Gasteiger partial charge < -0.3 is 9.73 Å². The number of carbonyl (C=O) groups is 1. The summed E-state index contributed by atoms with van der Waals surface area (Å²) >= 11 is 7.48. The lowest BCUT2D eigenvalue weighted by atomic mass is 10.0. The number of hydrogen-bond donors (Lipinski definition) is 2. The maximum atomic E-state index is 12.4. The molecule has 0 saturated carbocycles. The zero-order chi connectivity index (χ0) is 23.5. The number of oxazole rings is 1. The van der Waals surface area contributed by atoms with Crippen LogP contribution in [0.15, 0.2) is 101 Å². The van der Waals surface area contributed by atoms with Crippen molar-refractivity contribution in [3.8, 4) is 22.6 Å². The molecule has 1 aromatic heterocycles. The number of hydrogen-bond acceptors (Lipinski definition) is 4. The van der Waals surface area contributed by atoms with Crippen molar-refractivity contribution in [2.24, 2.45) is 0 Å². The third-order valence-electron chi connectivity index (χ3n) is 5.20. The smallest absolute Gasteiger partial charge is 0.257 e. The number of rotatable bonds is 4. The molecule has 0 radical (unpaired) electrons. The van der Waals surface area contributed by atoms with Gasteiger partial charge in [-0.3, -0.25) is 10.1 Å². The van der Waals surface area contributed by atoms with E-state index in [0.29, 0.717) is 28.2 Å². The van der Waals surface area contributed by atoms with E-state index in [1.54, 1.807) is 12.1 Å². The van der Waals surface area contributed by atoms with Crippen molar-refractivity contribution in [1.29, 1.82) is 0 Å². The molecule has 1 heterocycles. The third-order valence-corrected chi connectivity index (χ3v) is 6.07. The summed E-state index contributed by atoms with van der Waals surface area (Å²) in [5, 5.41) is 5.96. The number of aromatic nitrogens is 1. The second-order valence-electron chi connectivity index (χ2n) is 7.56. The summed E-state index contributed by atoms with van der Waals surface area (Å²) in [5.74, 6) is 0.279. The quantitative estimate of drug-likeness (QED) is 0.181. The number of fused-ring (bicyclic) bond motifs is 1. The summed E-state index contributed by atoms with van der Waals surface area (Å²) in [4.78, 5) is 17.0. The minimum absolute atomic E-state index is 0.212. The van der Waals surface area contributed by atoms with Crippen molar-refractivity contribution in [2.45, 2.75) is 0 Å². The minimum atomic E-state index is -0.264. The van der Waals surface area contributed by atoms with Gasteiger partial charge in [0.05, 0.1) is 0 Å². The molecule has 5 rings (SSSR count). The van der Waals surface area contributed by atoms with Gasteiger partial charge in [0.15, 0.2) is 10.7 Å². The molecule has 1 amide bonds. The average molecular weight is 575 g/mol. The van der Waals surface area contributed by atoms with Crippen molar-refractivity contribution in [1.82, 2.24) is 10.3 Å². The molecule has 0 aliphatic heterocycles. The number of nitrogens with zero attached hydrogens (tertiary/aromatic N) is 1. The van der Waals surface area contributed by atoms with Gasteiger partial charge in [-0.1, -0.05) is 48.5 Å². The van der Waals surface area contributed by atoms with Gasteiger partial charge in [0.2, 0.25) is 5.89 Å². The van der Waals surface area contributed by atoms with Crippen LogP contribution in [-0.2, 0) is 0 Å². The number of benzene rings is 4. The molecule has 5 nitrogen and oxygen atoms in total. The lowest BCUT2D eigenvalue weighted by molar-refractivity contribution is 0.0977. The first-order chi connectivity index (χ1) is 16.5. The van der Waals surface area contributed by atoms with Crippen molar-refractivity contribution in [3.05, 3.63) is 106 Å². The lowest BCUT2D eigenvalue weighted by Crippen LogP contribution is -2.34. The molecule has 2 N–H and O–H groups in total. The lowest BCUT2D eigenvalue weighted by Gasteiger charge is -2.09. The minimum Gasteiger partial charge on any atom is -0.436 e. The Morgan fingerprint density at radius 1 is 0.824 bits per heavy atom. The van der Waals surface area contributed by atoms with Gasteiger partial charge in [0, 0.05) is 20.4 Å². The summed E-state index contributed by atoms with van der Waals surface area (Å²) in [6.45, 7) is 0. The molecule has 0 bridgehead atoms. The van der Waals surface area contributed by atoms with E-state index in [0.717, 1.165) is 20.3 Å². The molecule has 7 heteroatoms. The van der Waals surface area contributed by atoms with Gasteiger partial charge in [0.25, 0.3) is 5.91 Å². The van der Waals surface area contributed by atoms with Crippen molar-refractivity contribution >= 4 is 62.6 Å². The van der Waals surface area contributed by atoms with E-state index in [1.807, 2.05) is 60.7 Å². The number of thiocarbonyl (C=S) groups is 1. The molecule has 34 heavy (non-hydrogen) atoms. The Hall–Kier alpha value is -3.56. The highest BCUT2D eigenvalue weighted by atomic mass is 127. The molecular formula is C27H18IN3O2S. The third kappa shape index (κ3) is 5.00. The summed E-state index contributed by atoms with van der Waals surface area (Å²) in [6, 6.07) is 31.1. The Morgan fingerprint density at radius 2 is 1.56 bits per heavy atom. The highest BCUT2D eigenvalue weighted by Crippen LogP contribution is 2.28. The van der Waals surface area contributed by atoms with Crippen LogP contribution in [0.3, 0.4) is 0 Å². The molecule has 0 aliphatic carbocycles. The first kappa shape index (κ1) is 22.2. The van der Waals surface area contributed by atoms with Crippen LogP contribution in [0.2, 0.25) is 0 Å². The van der Waals surface area contributed by atoms with Gasteiger partial charge in [0.1, 0.15) is 5.52 Å². The van der Waals surface area contributed by atoms with Crippen LogP contribution in [0, 0.1) is 3.57 Å². The van der Waals surface area contributed by atoms with Crippen molar-refractivity contribution < 1.29 is 9.21 Å². The second-order valence-corrected chi connectivity index (χ2v) is 9.22. The van der Waals surface area contributed by atoms with Crippen LogP contribution in [0.4, 0.5) is 5.69 Å². The van der Waals surface area contributed by atoms with Crippen molar-refractivity contribution in [3.63, 3.8) is 0 Å². The molecule has 5 aromatic rings. The molecule has 0 fully saturated rings. The number of anilines is 1. The van der Waals surface area contributed by atoms with E-state index in [4.69, 9.17) is 16.6 Å². The van der Waals surface area contributed by atoms with Gasteiger partial charge in [-0.15, -0.1) is 0 Å². The fourth-order valence-electron chi connectivity index (χ4n) is 3.53. The zero-order valence-electron chi connectivity index (χ0n) is 17.8. The van der Waals surface area contributed by atoms with Gasteiger partial charge in [-0.25, -0.2) is 4.98 Å². The second kappa shape index (κ2) is 9.74. The molecule has 4 aromatic carbocycles. The molecular weight excluding hydrogens is 557 g/mol. The summed E-state index contributed by atoms with van der Waals surface area (Å²) in [5.41, 5.74) is 5.80. The van der Waals surface area contributed by atoms with E-state index in [2.05, 4.69) is 62.5 Å². The van der Waals surface area contributed by atoms with Crippen molar-refractivity contribution in [2.75, 3.05) is 5.32 Å². The highest BCUT2D eigenvalue weighted by molar-refractivity contribution is 14.1.